The molecule has 2 rings (SSSR count). The van der Waals surface area contributed by atoms with Crippen LogP contribution in [0.1, 0.15) is 12.5 Å². The van der Waals surface area contributed by atoms with E-state index in [1.807, 2.05) is 50.2 Å². The van der Waals surface area contributed by atoms with Crippen LogP contribution in [0.2, 0.25) is 0 Å². The Kier molecular flexibility index (Phi) is 5.86. The first-order chi connectivity index (χ1) is 11.1. The van der Waals surface area contributed by atoms with Gasteiger partial charge in [0.1, 0.15) is 18.1 Å². The van der Waals surface area contributed by atoms with Crippen molar-refractivity contribution in [2.45, 2.75) is 19.9 Å². The highest BCUT2D eigenvalue weighted by molar-refractivity contribution is 5.89. The van der Waals surface area contributed by atoms with Crippen molar-refractivity contribution in [3.8, 4) is 11.5 Å². The molecule has 5 nitrogen and oxygen atoms in total. The molecule has 23 heavy (non-hydrogen) atoms. The van der Waals surface area contributed by atoms with Gasteiger partial charge in [0, 0.05) is 11.8 Å². The van der Waals surface area contributed by atoms with E-state index < -0.39 is 0 Å². The van der Waals surface area contributed by atoms with Gasteiger partial charge in [-0.2, -0.15) is 0 Å². The summed E-state index contributed by atoms with van der Waals surface area (Å²) in [5.74, 6) is 1.52. The first-order valence-electron chi connectivity index (χ1n) is 7.48. The van der Waals surface area contributed by atoms with Gasteiger partial charge < -0.3 is 20.1 Å². The average molecular weight is 314 g/mol. The van der Waals surface area contributed by atoms with Gasteiger partial charge in [0.25, 0.3) is 0 Å². The molecule has 0 heterocycles. The van der Waals surface area contributed by atoms with Crippen molar-refractivity contribution < 1.29 is 14.3 Å². The van der Waals surface area contributed by atoms with Gasteiger partial charge >= 0.3 is 6.03 Å². The Morgan fingerprint density at radius 1 is 1.17 bits per heavy atom. The highest BCUT2D eigenvalue weighted by atomic mass is 16.5. The molecule has 0 aliphatic heterocycles. The molecule has 0 unspecified atom stereocenters. The van der Waals surface area contributed by atoms with E-state index in [1.165, 1.54) is 0 Å². The second-order valence-corrected chi connectivity index (χ2v) is 5.31. The van der Waals surface area contributed by atoms with Crippen molar-refractivity contribution in [2.24, 2.45) is 0 Å². The SMILES string of the molecule is COc1cccc(NC(=O)N[C@H](C)COc2ccccc2C)c1. The first kappa shape index (κ1) is 16.7. The number of carbonyl (C=O) groups is 1. The van der Waals surface area contributed by atoms with Crippen molar-refractivity contribution in [3.63, 3.8) is 0 Å². The van der Waals surface area contributed by atoms with Gasteiger partial charge in [-0.05, 0) is 37.6 Å². The number of carbonyl (C=O) groups excluding carboxylic acids is 1. The lowest BCUT2D eigenvalue weighted by Gasteiger charge is -2.16. The largest absolute Gasteiger partial charge is 0.497 e. The summed E-state index contributed by atoms with van der Waals surface area (Å²) in [6, 6.07) is 14.6. The van der Waals surface area contributed by atoms with Crippen molar-refractivity contribution >= 4 is 11.7 Å². The first-order valence-corrected chi connectivity index (χ1v) is 7.48. The molecule has 2 aromatic rings. The molecule has 0 aliphatic carbocycles. The third-order valence-electron chi connectivity index (χ3n) is 3.29. The summed E-state index contributed by atoms with van der Waals surface area (Å²) < 4.78 is 10.8. The van der Waals surface area contributed by atoms with E-state index in [2.05, 4.69) is 10.6 Å². The third kappa shape index (κ3) is 5.21. The number of amides is 2. The number of hydrogen-bond acceptors (Lipinski definition) is 3. The normalized spacial score (nSPS) is 11.4. The molecule has 1 atom stereocenters. The van der Waals surface area contributed by atoms with Gasteiger partial charge in [-0.25, -0.2) is 4.79 Å². The Morgan fingerprint density at radius 3 is 2.70 bits per heavy atom. The summed E-state index contributed by atoms with van der Waals surface area (Å²) in [6.45, 7) is 4.28. The van der Waals surface area contributed by atoms with Gasteiger partial charge in [0.2, 0.25) is 0 Å². The second kappa shape index (κ2) is 8.08. The number of nitrogens with one attached hydrogen (secondary N) is 2. The number of aryl methyl sites for hydroxylation is 1. The molecular formula is C18H22N2O3. The van der Waals surface area contributed by atoms with Gasteiger partial charge in [-0.3, -0.25) is 0 Å². The number of rotatable bonds is 6. The highest BCUT2D eigenvalue weighted by Crippen LogP contribution is 2.17. The molecule has 0 spiro atoms. The number of benzene rings is 2. The standard InChI is InChI=1S/C18H22N2O3/c1-13-7-4-5-10-17(13)23-12-14(2)19-18(21)20-15-8-6-9-16(11-15)22-3/h4-11,14H,12H2,1-3H3,(H2,19,20,21)/t14-/m1/s1. The van der Waals surface area contributed by atoms with Crippen molar-refractivity contribution in [1.82, 2.24) is 5.32 Å². The van der Waals surface area contributed by atoms with E-state index in [9.17, 15) is 4.79 Å². The fourth-order valence-corrected chi connectivity index (χ4v) is 2.07. The molecule has 0 aliphatic rings. The summed E-state index contributed by atoms with van der Waals surface area (Å²) in [5.41, 5.74) is 1.74. The number of urea groups is 1. The molecule has 0 aromatic heterocycles. The zero-order chi connectivity index (χ0) is 16.7. The monoisotopic (exact) mass is 314 g/mol. The summed E-state index contributed by atoms with van der Waals surface area (Å²) in [6.07, 6.45) is 0. The Morgan fingerprint density at radius 2 is 1.96 bits per heavy atom. The van der Waals surface area contributed by atoms with Crippen LogP contribution in [0.15, 0.2) is 48.5 Å². The van der Waals surface area contributed by atoms with E-state index >= 15 is 0 Å². The average Bonchev–Trinajstić information content (AvgIpc) is 2.54. The predicted octanol–water partition coefficient (Wildman–Crippen LogP) is 3.59. The van der Waals surface area contributed by atoms with Crippen LogP contribution >= 0.6 is 0 Å². The summed E-state index contributed by atoms with van der Waals surface area (Å²) in [7, 11) is 1.59. The minimum absolute atomic E-state index is 0.125. The lowest BCUT2D eigenvalue weighted by atomic mass is 10.2. The summed E-state index contributed by atoms with van der Waals surface area (Å²) in [5, 5.41) is 5.61. The minimum Gasteiger partial charge on any atom is -0.497 e. The third-order valence-corrected chi connectivity index (χ3v) is 3.29. The van der Waals surface area contributed by atoms with Crippen LogP contribution < -0.4 is 20.1 Å². The predicted molar refractivity (Wildman–Crippen MR) is 91.3 cm³/mol. The highest BCUT2D eigenvalue weighted by Gasteiger charge is 2.09. The van der Waals surface area contributed by atoms with Crippen LogP contribution in [0, 0.1) is 6.92 Å². The molecule has 5 heteroatoms. The van der Waals surface area contributed by atoms with E-state index in [0.29, 0.717) is 18.0 Å². The zero-order valence-corrected chi connectivity index (χ0v) is 13.6. The van der Waals surface area contributed by atoms with Crippen LogP contribution in [0.5, 0.6) is 11.5 Å². The molecule has 122 valence electrons. The van der Waals surface area contributed by atoms with E-state index in [0.717, 1.165) is 11.3 Å². The molecule has 2 N–H and O–H groups in total. The van der Waals surface area contributed by atoms with Crippen molar-refractivity contribution in [2.75, 3.05) is 19.0 Å². The number of hydrogen-bond donors (Lipinski definition) is 2. The molecule has 0 saturated carbocycles. The molecule has 2 amide bonds. The fraction of sp³-hybridized carbons (Fsp3) is 0.278. The molecule has 2 aromatic carbocycles. The van der Waals surface area contributed by atoms with E-state index in [1.54, 1.807) is 19.2 Å². The van der Waals surface area contributed by atoms with Crippen molar-refractivity contribution in [3.05, 3.63) is 54.1 Å². The van der Waals surface area contributed by atoms with E-state index in [-0.39, 0.29) is 12.1 Å². The Labute approximate surface area is 136 Å². The summed E-state index contributed by atoms with van der Waals surface area (Å²) in [4.78, 5) is 12.0. The lowest BCUT2D eigenvalue weighted by Crippen LogP contribution is -2.39. The number of ether oxygens (including phenoxy) is 2. The Balaban J connectivity index is 1.81. The maximum atomic E-state index is 12.0. The van der Waals surface area contributed by atoms with Gasteiger partial charge in [0.15, 0.2) is 0 Å². The number of anilines is 1. The quantitative estimate of drug-likeness (QED) is 0.856. The van der Waals surface area contributed by atoms with Crippen LogP contribution in [-0.4, -0.2) is 25.8 Å². The van der Waals surface area contributed by atoms with Gasteiger partial charge in [-0.15, -0.1) is 0 Å². The van der Waals surface area contributed by atoms with Crippen molar-refractivity contribution in [1.29, 1.82) is 0 Å². The molecule has 0 radical (unpaired) electrons. The van der Waals surface area contributed by atoms with Gasteiger partial charge in [0.05, 0.1) is 13.2 Å². The minimum atomic E-state index is -0.279. The fourth-order valence-electron chi connectivity index (χ4n) is 2.07. The smallest absolute Gasteiger partial charge is 0.319 e. The second-order valence-electron chi connectivity index (χ2n) is 5.31. The van der Waals surface area contributed by atoms with Crippen LogP contribution in [0.25, 0.3) is 0 Å². The maximum absolute atomic E-state index is 12.0. The van der Waals surface area contributed by atoms with E-state index in [4.69, 9.17) is 9.47 Å². The number of para-hydroxylation sites is 1. The topological polar surface area (TPSA) is 59.6 Å². The van der Waals surface area contributed by atoms with Crippen LogP contribution in [0.4, 0.5) is 10.5 Å². The molecule has 0 bridgehead atoms. The zero-order valence-electron chi connectivity index (χ0n) is 13.6. The Hall–Kier alpha value is -2.69. The maximum Gasteiger partial charge on any atom is 0.319 e. The lowest BCUT2D eigenvalue weighted by molar-refractivity contribution is 0.236. The summed E-state index contributed by atoms with van der Waals surface area (Å²) >= 11 is 0. The molecule has 0 fully saturated rings. The van der Waals surface area contributed by atoms with Crippen LogP contribution in [-0.2, 0) is 0 Å². The van der Waals surface area contributed by atoms with Gasteiger partial charge in [-0.1, -0.05) is 24.3 Å². The molecule has 0 saturated heterocycles. The van der Waals surface area contributed by atoms with Crippen LogP contribution in [0.3, 0.4) is 0 Å². The Bertz CT molecular complexity index is 658. The molecular weight excluding hydrogens is 292 g/mol. The number of methoxy groups -OCH3 is 1.